The molecule has 6 aromatic rings. The molecule has 3 saturated carbocycles. The van der Waals surface area contributed by atoms with Crippen molar-refractivity contribution in [3.8, 4) is 10.4 Å². The molecule has 5 atom stereocenters. The fourth-order valence-corrected chi connectivity index (χ4v) is 13.1. The second-order valence-corrected chi connectivity index (χ2v) is 24.3. The number of aliphatic hydroxyl groups is 1. The van der Waals surface area contributed by atoms with Crippen LogP contribution in [0.1, 0.15) is 126 Å². The number of aromatic nitrogens is 4. The molecule has 2 saturated heterocycles. The van der Waals surface area contributed by atoms with Crippen LogP contribution in [0.5, 0.6) is 0 Å². The zero-order valence-corrected chi connectivity index (χ0v) is 44.5. The predicted octanol–water partition coefficient (Wildman–Crippen LogP) is 8.94. The molecule has 0 radical (unpaired) electrons. The smallest absolute Gasteiger partial charge is 0.283 e. The Balaban J connectivity index is 0.799. The number of likely N-dealkylation sites (tertiary alicyclic amines) is 2. The van der Waals surface area contributed by atoms with Crippen LogP contribution >= 0.6 is 27.3 Å². The summed E-state index contributed by atoms with van der Waals surface area (Å²) >= 11 is 5.19. The summed E-state index contributed by atoms with van der Waals surface area (Å²) in [7, 11) is 0. The Labute approximate surface area is 437 Å². The van der Waals surface area contributed by atoms with Gasteiger partial charge in [-0.25, -0.2) is 9.37 Å². The first kappa shape index (κ1) is 50.1. The minimum atomic E-state index is -1.98. The number of halogens is 2. The zero-order chi connectivity index (χ0) is 50.9. The summed E-state index contributed by atoms with van der Waals surface area (Å²) < 4.78 is 27.1. The number of aliphatic hydroxyl groups excluding tert-OH is 1. The van der Waals surface area contributed by atoms with E-state index in [0.717, 1.165) is 114 Å². The molecular weight excluding hydrogens is 1010 g/mol. The average Bonchev–Trinajstić information content (AvgIpc) is 4.11. The lowest BCUT2D eigenvalue weighted by Crippen LogP contribution is -2.59. The van der Waals surface area contributed by atoms with Crippen molar-refractivity contribution < 1.29 is 28.6 Å². The summed E-state index contributed by atoms with van der Waals surface area (Å²) in [4.78, 5) is 69.4. The predicted molar refractivity (Wildman–Crippen MR) is 284 cm³/mol. The summed E-state index contributed by atoms with van der Waals surface area (Å²) in [6.45, 7) is 10.1. The maximum atomic E-state index is 14.9. The van der Waals surface area contributed by atoms with Crippen molar-refractivity contribution in [1.82, 2.24) is 39.4 Å². The molecule has 386 valence electrons. The largest absolute Gasteiger partial charge is 0.391 e. The van der Waals surface area contributed by atoms with Gasteiger partial charge in [0.05, 0.1) is 62.9 Å². The van der Waals surface area contributed by atoms with Gasteiger partial charge in [0.15, 0.2) is 5.67 Å². The molecule has 3 aliphatic carbocycles. The molecule has 5 aliphatic rings. The molecule has 5 heterocycles. The molecule has 0 spiro atoms. The number of benzene rings is 3. The van der Waals surface area contributed by atoms with Gasteiger partial charge in [0.2, 0.25) is 17.6 Å². The van der Waals surface area contributed by atoms with Gasteiger partial charge in [-0.05, 0) is 146 Å². The van der Waals surface area contributed by atoms with Gasteiger partial charge in [0.1, 0.15) is 12.1 Å². The fraction of sp³-hybridized carbons (Fsp3) is 0.536. The van der Waals surface area contributed by atoms with Crippen molar-refractivity contribution in [2.45, 2.75) is 146 Å². The summed E-state index contributed by atoms with van der Waals surface area (Å²) in [5.41, 5.74) is 6.02. The highest BCUT2D eigenvalue weighted by Gasteiger charge is 2.53. The van der Waals surface area contributed by atoms with Crippen LogP contribution in [0.2, 0.25) is 0 Å². The second kappa shape index (κ2) is 19.9. The summed E-state index contributed by atoms with van der Waals surface area (Å²) in [5, 5.41) is 17.4. The van der Waals surface area contributed by atoms with Crippen LogP contribution in [0.4, 0.5) is 4.39 Å². The van der Waals surface area contributed by atoms with Crippen molar-refractivity contribution in [1.29, 1.82) is 0 Å². The van der Waals surface area contributed by atoms with E-state index in [1.165, 1.54) is 10.5 Å². The first-order valence-electron chi connectivity index (χ1n) is 26.3. The van der Waals surface area contributed by atoms with E-state index < -0.39 is 53.0 Å². The van der Waals surface area contributed by atoms with Crippen LogP contribution < -0.4 is 16.2 Å². The van der Waals surface area contributed by atoms with Crippen molar-refractivity contribution in [2.24, 2.45) is 11.3 Å². The average molecular weight is 1080 g/mol. The molecule has 3 aromatic heterocycles. The molecule has 0 bridgehead atoms. The van der Waals surface area contributed by atoms with Crippen LogP contribution in [0, 0.1) is 18.3 Å². The highest BCUT2D eigenvalue weighted by Crippen LogP contribution is 2.42. The molecule has 5 fully saturated rings. The maximum absolute atomic E-state index is 14.9. The normalized spacial score (nSPS) is 22.0. The maximum Gasteiger partial charge on any atom is 0.283 e. The Kier molecular flexibility index (Phi) is 13.7. The Morgan fingerprint density at radius 1 is 0.959 bits per heavy atom. The van der Waals surface area contributed by atoms with Crippen LogP contribution in [0.15, 0.2) is 75.4 Å². The van der Waals surface area contributed by atoms with E-state index >= 15 is 0 Å². The van der Waals surface area contributed by atoms with E-state index in [4.69, 9.17) is 9.72 Å². The molecule has 2 aliphatic heterocycles. The molecule has 0 unspecified atom stereocenters. The second-order valence-electron chi connectivity index (χ2n) is 22.6. The number of aryl methyl sites for hydroxylation is 1. The third kappa shape index (κ3) is 10.0. The van der Waals surface area contributed by atoms with Crippen molar-refractivity contribution in [2.75, 3.05) is 32.8 Å². The Bertz CT molecular complexity index is 3130. The summed E-state index contributed by atoms with van der Waals surface area (Å²) in [6.07, 6.45) is 7.87. The summed E-state index contributed by atoms with van der Waals surface area (Å²) in [5.74, 6) is -0.273. The number of piperidine rings is 1. The first-order chi connectivity index (χ1) is 35.0. The monoisotopic (exact) mass is 1080 g/mol. The molecule has 3 amide bonds. The van der Waals surface area contributed by atoms with E-state index in [1.54, 1.807) is 32.1 Å². The van der Waals surface area contributed by atoms with Crippen LogP contribution in [-0.4, -0.2) is 114 Å². The van der Waals surface area contributed by atoms with Crippen LogP contribution in [0.25, 0.3) is 38.2 Å². The molecular formula is C56H66BrFN8O6S. The van der Waals surface area contributed by atoms with E-state index in [1.807, 2.05) is 54.9 Å². The number of carbonyl (C=O) groups excluding carboxylic acids is 3. The van der Waals surface area contributed by atoms with Crippen LogP contribution in [0.3, 0.4) is 0 Å². The Morgan fingerprint density at radius 3 is 2.37 bits per heavy atom. The van der Waals surface area contributed by atoms with E-state index in [2.05, 4.69) is 63.6 Å². The number of nitrogens with zero attached hydrogens (tertiary/aromatic N) is 6. The number of hydrogen-bond donors (Lipinski definition) is 3. The Hall–Kier alpha value is -5.07. The van der Waals surface area contributed by atoms with E-state index in [9.17, 15) is 28.7 Å². The van der Waals surface area contributed by atoms with Crippen molar-refractivity contribution in [3.05, 3.63) is 97.8 Å². The van der Waals surface area contributed by atoms with Gasteiger partial charge < -0.3 is 34.8 Å². The number of alkyl halides is 1. The quantitative estimate of drug-likeness (QED) is 0.0912. The van der Waals surface area contributed by atoms with Gasteiger partial charge in [-0.3, -0.25) is 23.6 Å². The molecule has 73 heavy (non-hydrogen) atoms. The first-order valence-corrected chi connectivity index (χ1v) is 28.0. The molecule has 11 rings (SSSR count). The number of nitrogens with one attached hydrogen (secondary N) is 2. The topological polar surface area (TPSA) is 163 Å². The summed E-state index contributed by atoms with van der Waals surface area (Å²) in [6, 6.07) is 18.4. The van der Waals surface area contributed by atoms with Gasteiger partial charge in [0.25, 0.3) is 11.5 Å². The van der Waals surface area contributed by atoms with Gasteiger partial charge in [-0.2, -0.15) is 4.98 Å². The molecule has 3 N–H and O–H groups in total. The number of imidazole rings is 1. The van der Waals surface area contributed by atoms with Gasteiger partial charge >= 0.3 is 0 Å². The van der Waals surface area contributed by atoms with Crippen molar-refractivity contribution >= 4 is 72.7 Å². The van der Waals surface area contributed by atoms with Gasteiger partial charge in [-0.15, -0.1) is 11.3 Å². The minimum Gasteiger partial charge on any atom is -0.391 e. The fourth-order valence-electron chi connectivity index (χ4n) is 11.8. The number of amides is 3. The third-order valence-electron chi connectivity index (χ3n) is 16.4. The van der Waals surface area contributed by atoms with E-state index in [-0.39, 0.29) is 44.1 Å². The number of ether oxygens (including phenoxy) is 1. The molecule has 17 heteroatoms. The number of carbonyl (C=O) groups is 3. The highest BCUT2D eigenvalue weighted by atomic mass is 79.9. The standard InChI is InChI=1S/C56H66BrFN8O6S/c1-32-48(73-31-59-32)36-16-12-34(13-17-36)41(60-50(68)45-27-39(67)28-64(45)52(70)49(55(2,3)4)61-53(71)56(58)22-23-56)30-72-46(35-14-15-35)29-63-24-20-33(21-25-63)37-18-19-42-44(26-37)65(38-8-5-6-9-38)54-62-51(69)47-40(57)10-7-11-43(47)66(42)54/h7,10-13,16-19,26,31,33,35,38-39,41,45-46,49,67H,5-6,8-9,14-15,20-25,27-30H2,1-4H3,(H,60,68)(H,61,71)/t39-,41+,45+,46+,49-/m1/s1. The number of rotatable bonds is 15. The number of thiazole rings is 1. The molecule has 14 nitrogen and oxygen atoms in total. The zero-order valence-electron chi connectivity index (χ0n) is 42.1. The van der Waals surface area contributed by atoms with Crippen molar-refractivity contribution in [3.63, 3.8) is 0 Å². The van der Waals surface area contributed by atoms with Gasteiger partial charge in [0, 0.05) is 30.0 Å². The number of fused-ring (bicyclic) bond motifs is 5. The van der Waals surface area contributed by atoms with E-state index in [0.29, 0.717) is 29.0 Å². The SMILES string of the molecule is Cc1ncsc1-c1ccc([C@H](CO[C@@H](CN2CCC(c3ccc4c(c3)n(C3CCCC3)c3nc(=O)c5c(Br)cccc5n43)CC2)C2CC2)NC(=O)[C@@H]2C[C@@H](O)CN2C(=O)[C@@H](NC(=O)C2(F)CC2)C(C)(C)C)cc1. The lowest BCUT2D eigenvalue weighted by molar-refractivity contribution is -0.145. The van der Waals surface area contributed by atoms with Crippen LogP contribution in [-0.2, 0) is 19.1 Å². The third-order valence-corrected chi connectivity index (χ3v) is 18.0. The number of β-amino-alcohol motifs (C(OH)–C–C–N with tert-alkyl or cyclic N) is 1. The highest BCUT2D eigenvalue weighted by molar-refractivity contribution is 9.10. The minimum absolute atomic E-state index is 0.0267. The molecule has 3 aromatic carbocycles. The lowest BCUT2D eigenvalue weighted by Gasteiger charge is -2.36. The Morgan fingerprint density at radius 2 is 1.70 bits per heavy atom. The van der Waals surface area contributed by atoms with Gasteiger partial charge in [-0.1, -0.05) is 70.0 Å². The lowest BCUT2D eigenvalue weighted by atomic mass is 9.85. The number of hydrogen-bond acceptors (Lipinski definition) is 10.